The molecular formula is C13H18N2O3. The zero-order valence-corrected chi connectivity index (χ0v) is 10.7. The van der Waals surface area contributed by atoms with Gasteiger partial charge in [0, 0.05) is 32.7 Å². The van der Waals surface area contributed by atoms with Gasteiger partial charge in [0.25, 0.3) is 0 Å². The van der Waals surface area contributed by atoms with Gasteiger partial charge >= 0.3 is 5.97 Å². The fourth-order valence-electron chi connectivity index (χ4n) is 1.56. The number of amides is 1. The first-order valence-electron chi connectivity index (χ1n) is 5.72. The first kappa shape index (κ1) is 14.0. The molecule has 0 aliphatic carbocycles. The van der Waals surface area contributed by atoms with E-state index < -0.39 is 5.97 Å². The predicted octanol–water partition coefficient (Wildman–Crippen LogP) is 1.06. The fourth-order valence-corrected chi connectivity index (χ4v) is 1.56. The number of hydrogen-bond donors (Lipinski definition) is 1. The second-order valence-electron chi connectivity index (χ2n) is 4.19. The monoisotopic (exact) mass is 250 g/mol. The van der Waals surface area contributed by atoms with E-state index >= 15 is 0 Å². The van der Waals surface area contributed by atoms with Gasteiger partial charge in [-0.05, 0) is 12.1 Å². The highest BCUT2D eigenvalue weighted by atomic mass is 16.4. The normalized spacial score (nSPS) is 9.89. The van der Waals surface area contributed by atoms with Crippen LogP contribution in [0.2, 0.25) is 0 Å². The summed E-state index contributed by atoms with van der Waals surface area (Å²) in [4.78, 5) is 25.5. The zero-order chi connectivity index (χ0) is 13.5. The Labute approximate surface area is 107 Å². The smallest absolute Gasteiger partial charge is 0.323 e. The van der Waals surface area contributed by atoms with Crippen molar-refractivity contribution < 1.29 is 14.7 Å². The second kappa shape index (κ2) is 6.64. The van der Waals surface area contributed by atoms with Crippen LogP contribution in [0.15, 0.2) is 30.3 Å². The van der Waals surface area contributed by atoms with Crippen LogP contribution >= 0.6 is 0 Å². The van der Waals surface area contributed by atoms with Gasteiger partial charge in [0.1, 0.15) is 6.54 Å². The summed E-state index contributed by atoms with van der Waals surface area (Å²) in [7, 11) is 3.37. The summed E-state index contributed by atoms with van der Waals surface area (Å²) in [6, 6.07) is 9.23. The first-order chi connectivity index (χ1) is 8.50. The first-order valence-corrected chi connectivity index (χ1v) is 5.72. The summed E-state index contributed by atoms with van der Waals surface area (Å²) in [6.45, 7) is 0.290. The van der Waals surface area contributed by atoms with Crippen molar-refractivity contribution in [2.24, 2.45) is 0 Å². The summed E-state index contributed by atoms with van der Waals surface area (Å²) < 4.78 is 0. The molecule has 0 bridgehead atoms. The molecule has 98 valence electrons. The van der Waals surface area contributed by atoms with Crippen LogP contribution in [0.1, 0.15) is 6.42 Å². The lowest BCUT2D eigenvalue weighted by Gasteiger charge is -2.23. The van der Waals surface area contributed by atoms with Crippen LogP contribution in [0, 0.1) is 0 Å². The topological polar surface area (TPSA) is 60.9 Å². The molecule has 0 saturated heterocycles. The van der Waals surface area contributed by atoms with Gasteiger partial charge in [0.05, 0.1) is 0 Å². The summed E-state index contributed by atoms with van der Waals surface area (Å²) >= 11 is 0. The number of benzene rings is 1. The van der Waals surface area contributed by atoms with Crippen LogP contribution in [0.5, 0.6) is 0 Å². The Hall–Kier alpha value is -2.04. The molecule has 5 heteroatoms. The number of hydrogen-bond acceptors (Lipinski definition) is 3. The lowest BCUT2D eigenvalue weighted by molar-refractivity contribution is -0.135. The highest BCUT2D eigenvalue weighted by Gasteiger charge is 2.13. The van der Waals surface area contributed by atoms with Gasteiger partial charge in [0.2, 0.25) is 5.91 Å². The van der Waals surface area contributed by atoms with Crippen LogP contribution in [0.3, 0.4) is 0 Å². The summed E-state index contributed by atoms with van der Waals surface area (Å²) in [5.41, 5.74) is 0.812. The van der Waals surface area contributed by atoms with Gasteiger partial charge in [-0.15, -0.1) is 0 Å². The SMILES string of the molecule is CN(C)C(=O)CCN(CC(=O)O)c1ccccc1. The van der Waals surface area contributed by atoms with Crippen LogP contribution < -0.4 is 4.90 Å². The van der Waals surface area contributed by atoms with E-state index in [2.05, 4.69) is 0 Å². The molecule has 0 heterocycles. The minimum Gasteiger partial charge on any atom is -0.480 e. The molecule has 1 rings (SSSR count). The number of aliphatic carboxylic acids is 1. The molecule has 0 aliphatic heterocycles. The summed E-state index contributed by atoms with van der Waals surface area (Å²) in [6.07, 6.45) is 0.301. The number of rotatable bonds is 6. The highest BCUT2D eigenvalue weighted by molar-refractivity contribution is 5.77. The molecule has 5 nitrogen and oxygen atoms in total. The van der Waals surface area contributed by atoms with Crippen LogP contribution in [-0.4, -0.2) is 49.1 Å². The van der Waals surface area contributed by atoms with Gasteiger partial charge in [0.15, 0.2) is 0 Å². The number of carbonyl (C=O) groups is 2. The highest BCUT2D eigenvalue weighted by Crippen LogP contribution is 2.13. The molecule has 0 fully saturated rings. The molecule has 18 heavy (non-hydrogen) atoms. The van der Waals surface area contributed by atoms with E-state index in [-0.39, 0.29) is 12.5 Å². The number of anilines is 1. The Morgan fingerprint density at radius 3 is 2.28 bits per heavy atom. The van der Waals surface area contributed by atoms with Gasteiger partial charge in [-0.3, -0.25) is 9.59 Å². The maximum absolute atomic E-state index is 11.5. The number of carbonyl (C=O) groups excluding carboxylic acids is 1. The molecule has 0 radical (unpaired) electrons. The van der Waals surface area contributed by atoms with Crippen molar-refractivity contribution in [2.45, 2.75) is 6.42 Å². The van der Waals surface area contributed by atoms with Crippen molar-refractivity contribution in [3.63, 3.8) is 0 Å². The Balaban J connectivity index is 2.68. The van der Waals surface area contributed by atoms with E-state index in [1.54, 1.807) is 19.0 Å². The van der Waals surface area contributed by atoms with E-state index in [0.29, 0.717) is 13.0 Å². The third kappa shape index (κ3) is 4.45. The molecule has 1 N–H and O–H groups in total. The lowest BCUT2D eigenvalue weighted by atomic mass is 10.2. The molecule has 0 aliphatic rings. The maximum atomic E-state index is 11.5. The van der Waals surface area contributed by atoms with E-state index in [9.17, 15) is 9.59 Å². The van der Waals surface area contributed by atoms with Gasteiger partial charge in [-0.25, -0.2) is 0 Å². The van der Waals surface area contributed by atoms with Crippen LogP contribution in [-0.2, 0) is 9.59 Å². The molecule has 1 amide bonds. The maximum Gasteiger partial charge on any atom is 0.323 e. The van der Waals surface area contributed by atoms with Gasteiger partial charge < -0.3 is 14.9 Å². The minimum atomic E-state index is -0.906. The van der Waals surface area contributed by atoms with E-state index in [0.717, 1.165) is 5.69 Å². The molecule has 0 unspecified atom stereocenters. The van der Waals surface area contributed by atoms with Crippen molar-refractivity contribution in [2.75, 3.05) is 32.1 Å². The van der Waals surface area contributed by atoms with Crippen molar-refractivity contribution >= 4 is 17.6 Å². The zero-order valence-electron chi connectivity index (χ0n) is 10.7. The van der Waals surface area contributed by atoms with Gasteiger partial charge in [-0.1, -0.05) is 18.2 Å². The number of para-hydroxylation sites is 1. The summed E-state index contributed by atoms with van der Waals surface area (Å²) in [5, 5.41) is 8.88. The summed E-state index contributed by atoms with van der Waals surface area (Å²) in [5.74, 6) is -0.919. The molecule has 0 spiro atoms. The Bertz CT molecular complexity index is 404. The van der Waals surface area contributed by atoms with Crippen LogP contribution in [0.4, 0.5) is 5.69 Å². The molecular weight excluding hydrogens is 232 g/mol. The quantitative estimate of drug-likeness (QED) is 0.820. The Kier molecular flexibility index (Phi) is 5.17. The third-order valence-corrected chi connectivity index (χ3v) is 2.54. The predicted molar refractivity (Wildman–Crippen MR) is 69.6 cm³/mol. The fraction of sp³-hybridized carbons (Fsp3) is 0.385. The molecule has 0 aromatic heterocycles. The second-order valence-corrected chi connectivity index (χ2v) is 4.19. The van der Waals surface area contributed by atoms with E-state index in [1.807, 2.05) is 30.3 Å². The number of carboxylic acid groups (broad SMARTS) is 1. The van der Waals surface area contributed by atoms with E-state index in [4.69, 9.17) is 5.11 Å². The van der Waals surface area contributed by atoms with Crippen molar-refractivity contribution in [1.29, 1.82) is 0 Å². The van der Waals surface area contributed by atoms with Crippen LogP contribution in [0.25, 0.3) is 0 Å². The molecule has 0 atom stereocenters. The van der Waals surface area contributed by atoms with Crippen molar-refractivity contribution in [3.8, 4) is 0 Å². The largest absolute Gasteiger partial charge is 0.480 e. The van der Waals surface area contributed by atoms with Crippen molar-refractivity contribution in [3.05, 3.63) is 30.3 Å². The number of carboxylic acids is 1. The Morgan fingerprint density at radius 2 is 1.78 bits per heavy atom. The van der Waals surface area contributed by atoms with Gasteiger partial charge in [-0.2, -0.15) is 0 Å². The average Bonchev–Trinajstić information content (AvgIpc) is 2.34. The van der Waals surface area contributed by atoms with Crippen molar-refractivity contribution in [1.82, 2.24) is 4.90 Å². The lowest BCUT2D eigenvalue weighted by Crippen LogP contribution is -2.34. The third-order valence-electron chi connectivity index (χ3n) is 2.54. The standard InChI is InChI=1S/C13H18N2O3/c1-14(2)12(16)8-9-15(10-13(17)18)11-6-4-3-5-7-11/h3-7H,8-10H2,1-2H3,(H,17,18). The minimum absolute atomic E-state index is 0.0127. The average molecular weight is 250 g/mol. The Morgan fingerprint density at radius 1 is 1.17 bits per heavy atom. The molecule has 0 saturated carbocycles. The molecule has 1 aromatic carbocycles. The molecule has 1 aromatic rings. The number of nitrogens with zero attached hydrogens (tertiary/aromatic N) is 2. The van der Waals surface area contributed by atoms with E-state index in [1.165, 1.54) is 4.90 Å².